The fraction of sp³-hybridized carbons (Fsp3) is 0.571. The number of nitrogens with zero attached hydrogens (tertiary/aromatic N) is 1. The Kier molecular flexibility index (Phi) is 6.73. The number of nitrogens with one attached hydrogen (secondary N) is 1. The van der Waals surface area contributed by atoms with E-state index in [-0.39, 0.29) is 5.75 Å². The van der Waals surface area contributed by atoms with Crippen LogP contribution in [0.25, 0.3) is 0 Å². The third-order valence-electron chi connectivity index (χ3n) is 2.81. The zero-order chi connectivity index (χ0) is 14.3. The molecule has 0 aromatic heterocycles. The average molecular weight is 272 g/mol. The van der Waals surface area contributed by atoms with Crippen molar-refractivity contribution < 1.29 is 13.5 Å². The molecule has 0 aliphatic rings. The van der Waals surface area contributed by atoms with Gasteiger partial charge in [0.1, 0.15) is 5.75 Å². The first-order valence-electron chi connectivity index (χ1n) is 6.39. The maximum absolute atomic E-state index is 12.0. The van der Waals surface area contributed by atoms with Crippen molar-refractivity contribution in [2.75, 3.05) is 20.6 Å². The van der Waals surface area contributed by atoms with Crippen LogP contribution < -0.4 is 10.1 Å². The molecule has 19 heavy (non-hydrogen) atoms. The molecule has 1 aromatic carbocycles. The Bertz CT molecular complexity index is 355. The Morgan fingerprint density at radius 3 is 2.37 bits per heavy atom. The lowest BCUT2D eigenvalue weighted by atomic mass is 10.2. The normalized spacial score (nSPS) is 13.0. The maximum atomic E-state index is 12.0. The van der Waals surface area contributed by atoms with E-state index >= 15 is 0 Å². The number of ether oxygens (including phenoxy) is 1. The summed E-state index contributed by atoms with van der Waals surface area (Å²) >= 11 is 0. The Morgan fingerprint density at radius 2 is 1.84 bits per heavy atom. The van der Waals surface area contributed by atoms with E-state index < -0.39 is 6.61 Å². The summed E-state index contributed by atoms with van der Waals surface area (Å²) in [5, 5.41) is 3.40. The first kappa shape index (κ1) is 15.9. The highest BCUT2D eigenvalue weighted by molar-refractivity contribution is 5.27. The fourth-order valence-electron chi connectivity index (χ4n) is 1.63. The molecular weight excluding hydrogens is 250 g/mol. The van der Waals surface area contributed by atoms with E-state index in [1.165, 1.54) is 0 Å². The Hall–Kier alpha value is -1.20. The number of hydrogen-bond acceptors (Lipinski definition) is 3. The lowest BCUT2D eigenvalue weighted by molar-refractivity contribution is -0.0498. The second kappa shape index (κ2) is 8.07. The molecule has 0 amide bonds. The third kappa shape index (κ3) is 7.08. The van der Waals surface area contributed by atoms with E-state index in [0.29, 0.717) is 6.04 Å². The summed E-state index contributed by atoms with van der Waals surface area (Å²) in [6, 6.07) is 7.13. The van der Waals surface area contributed by atoms with Gasteiger partial charge in [-0.3, -0.25) is 0 Å². The van der Waals surface area contributed by atoms with Crippen LogP contribution >= 0.6 is 0 Å². The highest BCUT2D eigenvalue weighted by Crippen LogP contribution is 2.14. The largest absolute Gasteiger partial charge is 0.435 e. The minimum absolute atomic E-state index is 0.194. The molecule has 1 aromatic rings. The van der Waals surface area contributed by atoms with Crippen LogP contribution in [0.15, 0.2) is 24.3 Å². The highest BCUT2D eigenvalue weighted by atomic mass is 19.3. The molecule has 0 saturated heterocycles. The van der Waals surface area contributed by atoms with Crippen molar-refractivity contribution >= 4 is 0 Å². The minimum atomic E-state index is -2.77. The molecule has 3 nitrogen and oxygen atoms in total. The Morgan fingerprint density at radius 1 is 1.21 bits per heavy atom. The first-order valence-corrected chi connectivity index (χ1v) is 6.39. The molecule has 0 aliphatic heterocycles. The molecule has 1 N–H and O–H groups in total. The molecule has 0 heterocycles. The number of benzene rings is 1. The number of alkyl halides is 2. The summed E-state index contributed by atoms with van der Waals surface area (Å²) in [7, 11) is 4.10. The van der Waals surface area contributed by atoms with Crippen molar-refractivity contribution in [3.63, 3.8) is 0 Å². The van der Waals surface area contributed by atoms with Crippen LogP contribution in [-0.4, -0.2) is 38.2 Å². The van der Waals surface area contributed by atoms with Crippen molar-refractivity contribution in [1.29, 1.82) is 0 Å². The van der Waals surface area contributed by atoms with Crippen molar-refractivity contribution in [3.8, 4) is 5.75 Å². The second-order valence-electron chi connectivity index (χ2n) is 4.90. The van der Waals surface area contributed by atoms with Gasteiger partial charge in [-0.15, -0.1) is 0 Å². The average Bonchev–Trinajstić information content (AvgIpc) is 2.35. The maximum Gasteiger partial charge on any atom is 0.387 e. The van der Waals surface area contributed by atoms with Gasteiger partial charge in [0, 0.05) is 12.6 Å². The van der Waals surface area contributed by atoms with Crippen LogP contribution in [0.2, 0.25) is 0 Å². The Balaban J connectivity index is 2.33. The molecule has 0 spiro atoms. The quantitative estimate of drug-likeness (QED) is 0.787. The third-order valence-corrected chi connectivity index (χ3v) is 2.81. The molecule has 1 unspecified atom stereocenters. The molecule has 0 bridgehead atoms. The predicted molar refractivity (Wildman–Crippen MR) is 72.5 cm³/mol. The van der Waals surface area contributed by atoms with Gasteiger partial charge in [-0.1, -0.05) is 12.1 Å². The van der Waals surface area contributed by atoms with Gasteiger partial charge < -0.3 is 15.0 Å². The molecule has 0 radical (unpaired) electrons. The van der Waals surface area contributed by atoms with Crippen LogP contribution in [0.1, 0.15) is 18.9 Å². The van der Waals surface area contributed by atoms with Crippen LogP contribution in [0, 0.1) is 0 Å². The minimum Gasteiger partial charge on any atom is -0.435 e. The zero-order valence-electron chi connectivity index (χ0n) is 11.7. The van der Waals surface area contributed by atoms with Gasteiger partial charge in [-0.05, 0) is 51.7 Å². The van der Waals surface area contributed by atoms with E-state index in [1.807, 2.05) is 0 Å². The van der Waals surface area contributed by atoms with Gasteiger partial charge in [0.15, 0.2) is 0 Å². The van der Waals surface area contributed by atoms with Crippen molar-refractivity contribution in [2.24, 2.45) is 0 Å². The number of halogens is 2. The summed E-state index contributed by atoms with van der Waals surface area (Å²) in [6.45, 7) is 1.13. The van der Waals surface area contributed by atoms with Crippen LogP contribution in [0.5, 0.6) is 5.75 Å². The molecule has 5 heteroatoms. The van der Waals surface area contributed by atoms with Crippen molar-refractivity contribution in [2.45, 2.75) is 32.5 Å². The molecule has 0 aliphatic carbocycles. The van der Waals surface area contributed by atoms with Crippen molar-refractivity contribution in [3.05, 3.63) is 29.8 Å². The first-order chi connectivity index (χ1) is 8.97. The number of hydrogen-bond donors (Lipinski definition) is 1. The summed E-state index contributed by atoms with van der Waals surface area (Å²) < 4.78 is 28.3. The molecule has 1 atom stereocenters. The van der Waals surface area contributed by atoms with Crippen LogP contribution in [0.4, 0.5) is 8.78 Å². The summed E-state index contributed by atoms with van der Waals surface area (Å²) in [5.74, 6) is 0.194. The number of rotatable bonds is 8. The lowest BCUT2D eigenvalue weighted by Gasteiger charge is -2.16. The van der Waals surface area contributed by atoms with E-state index in [2.05, 4.69) is 36.0 Å². The molecule has 108 valence electrons. The predicted octanol–water partition coefficient (Wildman–Crippen LogP) is 2.72. The standard InChI is InChI=1S/C14H22F2N2O/c1-11(8-9-18(2)3)17-10-12-4-6-13(7-5-12)19-14(15)16/h4-7,11,14,17H,8-10H2,1-3H3. The molecular formula is C14H22F2N2O. The zero-order valence-corrected chi connectivity index (χ0v) is 11.7. The highest BCUT2D eigenvalue weighted by Gasteiger charge is 2.05. The summed E-state index contributed by atoms with van der Waals surface area (Å²) in [4.78, 5) is 2.15. The van der Waals surface area contributed by atoms with Crippen LogP contribution in [0.3, 0.4) is 0 Å². The Labute approximate surface area is 113 Å². The topological polar surface area (TPSA) is 24.5 Å². The smallest absolute Gasteiger partial charge is 0.387 e. The van der Waals surface area contributed by atoms with E-state index in [9.17, 15) is 8.78 Å². The van der Waals surface area contributed by atoms with Crippen molar-refractivity contribution in [1.82, 2.24) is 10.2 Å². The van der Waals surface area contributed by atoms with Gasteiger partial charge in [0.2, 0.25) is 0 Å². The molecule has 0 fully saturated rings. The van der Waals surface area contributed by atoms with Gasteiger partial charge in [-0.2, -0.15) is 8.78 Å². The second-order valence-corrected chi connectivity index (χ2v) is 4.90. The molecule has 0 saturated carbocycles. The van der Waals surface area contributed by atoms with Gasteiger partial charge in [0.25, 0.3) is 0 Å². The lowest BCUT2D eigenvalue weighted by Crippen LogP contribution is -2.29. The van der Waals surface area contributed by atoms with Crippen LogP contribution in [-0.2, 0) is 6.54 Å². The van der Waals surface area contributed by atoms with Gasteiger partial charge >= 0.3 is 6.61 Å². The fourth-order valence-corrected chi connectivity index (χ4v) is 1.63. The SMILES string of the molecule is CC(CCN(C)C)NCc1ccc(OC(F)F)cc1. The molecule has 1 rings (SSSR count). The van der Waals surface area contributed by atoms with Gasteiger partial charge in [0.05, 0.1) is 0 Å². The summed E-state index contributed by atoms with van der Waals surface area (Å²) in [5.41, 5.74) is 1.05. The van der Waals surface area contributed by atoms with E-state index in [1.54, 1.807) is 24.3 Å². The van der Waals surface area contributed by atoms with E-state index in [4.69, 9.17) is 0 Å². The van der Waals surface area contributed by atoms with E-state index in [0.717, 1.165) is 25.1 Å². The monoisotopic (exact) mass is 272 g/mol. The van der Waals surface area contributed by atoms with Gasteiger partial charge in [-0.25, -0.2) is 0 Å². The summed E-state index contributed by atoms with van der Waals surface area (Å²) in [6.07, 6.45) is 1.07.